The molecule has 1 N–H and O–H groups in total. The summed E-state index contributed by atoms with van der Waals surface area (Å²) in [6.45, 7) is 5.56. The Hall–Kier alpha value is -0.570. The highest BCUT2D eigenvalue weighted by Gasteiger charge is 2.37. The third-order valence-corrected chi connectivity index (χ3v) is 3.33. The van der Waals surface area contributed by atoms with Crippen LogP contribution in [-0.4, -0.2) is 23.3 Å². The second-order valence-electron chi connectivity index (χ2n) is 4.67. The number of aliphatic hydroxyl groups is 1. The fourth-order valence-corrected chi connectivity index (χ4v) is 2.48. The Morgan fingerprint density at radius 2 is 2.13 bits per heavy atom. The van der Waals surface area contributed by atoms with Crippen LogP contribution in [0.5, 0.6) is 0 Å². The number of aliphatic hydroxyl groups excluding tert-OH is 1. The van der Waals surface area contributed by atoms with Gasteiger partial charge < -0.3 is 9.84 Å². The minimum atomic E-state index is -0.474. The molecule has 0 spiro atoms. The van der Waals surface area contributed by atoms with E-state index < -0.39 is 6.10 Å². The number of ether oxygens (including phenoxy) is 1. The maximum Gasteiger partial charge on any atom is 0.303 e. The van der Waals surface area contributed by atoms with Crippen molar-refractivity contribution in [2.24, 2.45) is 11.8 Å². The zero-order valence-corrected chi connectivity index (χ0v) is 9.90. The molecule has 4 atom stereocenters. The van der Waals surface area contributed by atoms with Crippen LogP contribution in [0.3, 0.4) is 0 Å². The quantitative estimate of drug-likeness (QED) is 0.732. The van der Waals surface area contributed by atoms with Gasteiger partial charge in [0.25, 0.3) is 0 Å². The van der Waals surface area contributed by atoms with Crippen LogP contribution in [0.25, 0.3) is 0 Å². The summed E-state index contributed by atoms with van der Waals surface area (Å²) in [6.07, 6.45) is 3.41. The fourth-order valence-electron chi connectivity index (χ4n) is 2.48. The second-order valence-corrected chi connectivity index (χ2v) is 4.67. The molecule has 4 unspecified atom stereocenters. The minimum absolute atomic E-state index is 0.275. The van der Waals surface area contributed by atoms with Crippen LogP contribution in [0.4, 0.5) is 0 Å². The SMILES string of the molecule is CCCC1CCC(C)C(OC(C)=O)C1O. The molecule has 0 amide bonds. The van der Waals surface area contributed by atoms with Gasteiger partial charge in [-0.2, -0.15) is 0 Å². The molecule has 0 aromatic rings. The Labute approximate surface area is 91.8 Å². The number of hydrogen-bond acceptors (Lipinski definition) is 3. The third-order valence-electron chi connectivity index (χ3n) is 3.33. The first-order chi connectivity index (χ1) is 7.06. The summed E-state index contributed by atoms with van der Waals surface area (Å²) in [5, 5.41) is 10.1. The molecule has 0 radical (unpaired) electrons. The lowest BCUT2D eigenvalue weighted by molar-refractivity contribution is -0.164. The standard InChI is InChI=1S/C12H22O3/c1-4-5-10-7-6-8(2)12(11(10)14)15-9(3)13/h8,10-12,14H,4-7H2,1-3H3. The molecule has 0 aromatic carbocycles. The van der Waals surface area contributed by atoms with Gasteiger partial charge in [-0.1, -0.05) is 20.3 Å². The van der Waals surface area contributed by atoms with Crippen molar-refractivity contribution >= 4 is 5.97 Å². The zero-order valence-electron chi connectivity index (χ0n) is 9.90. The van der Waals surface area contributed by atoms with Crippen molar-refractivity contribution in [3.8, 4) is 0 Å². The predicted octanol–water partition coefficient (Wildman–Crippen LogP) is 2.13. The van der Waals surface area contributed by atoms with Crippen LogP contribution >= 0.6 is 0 Å². The monoisotopic (exact) mass is 214 g/mol. The van der Waals surface area contributed by atoms with Crippen LogP contribution in [0.2, 0.25) is 0 Å². The lowest BCUT2D eigenvalue weighted by Gasteiger charge is -2.38. The van der Waals surface area contributed by atoms with E-state index in [1.807, 2.05) is 6.92 Å². The smallest absolute Gasteiger partial charge is 0.303 e. The number of hydrogen-bond donors (Lipinski definition) is 1. The van der Waals surface area contributed by atoms with Crippen molar-refractivity contribution in [2.45, 2.75) is 58.7 Å². The summed E-state index contributed by atoms with van der Waals surface area (Å²) in [6, 6.07) is 0. The summed E-state index contributed by atoms with van der Waals surface area (Å²) in [5.41, 5.74) is 0. The summed E-state index contributed by atoms with van der Waals surface area (Å²) < 4.78 is 5.20. The van der Waals surface area contributed by atoms with E-state index in [4.69, 9.17) is 4.74 Å². The molecule has 0 aliphatic heterocycles. The van der Waals surface area contributed by atoms with Gasteiger partial charge in [0.2, 0.25) is 0 Å². The number of rotatable bonds is 3. The molecular formula is C12H22O3. The largest absolute Gasteiger partial charge is 0.460 e. The van der Waals surface area contributed by atoms with E-state index in [1.54, 1.807) is 0 Å². The van der Waals surface area contributed by atoms with Crippen molar-refractivity contribution in [3.63, 3.8) is 0 Å². The average Bonchev–Trinajstić information content (AvgIpc) is 2.17. The van der Waals surface area contributed by atoms with Crippen molar-refractivity contribution in [1.29, 1.82) is 0 Å². The number of esters is 1. The molecule has 0 aromatic heterocycles. The van der Waals surface area contributed by atoms with Crippen LogP contribution in [0.15, 0.2) is 0 Å². The van der Waals surface area contributed by atoms with Gasteiger partial charge in [0.1, 0.15) is 6.10 Å². The molecule has 3 heteroatoms. The molecule has 0 heterocycles. The first kappa shape index (κ1) is 12.5. The number of carbonyl (C=O) groups excluding carboxylic acids is 1. The van der Waals surface area contributed by atoms with Gasteiger partial charge in [-0.3, -0.25) is 4.79 Å². The Morgan fingerprint density at radius 1 is 1.47 bits per heavy atom. The summed E-state index contributed by atoms with van der Waals surface area (Å²) >= 11 is 0. The van der Waals surface area contributed by atoms with Gasteiger partial charge >= 0.3 is 5.97 Å². The van der Waals surface area contributed by atoms with Crippen molar-refractivity contribution in [3.05, 3.63) is 0 Å². The summed E-state index contributed by atoms with van der Waals surface area (Å²) in [4.78, 5) is 10.9. The molecule has 3 nitrogen and oxygen atoms in total. The first-order valence-electron chi connectivity index (χ1n) is 5.91. The van der Waals surface area contributed by atoms with E-state index in [1.165, 1.54) is 6.92 Å². The fraction of sp³-hybridized carbons (Fsp3) is 0.917. The maximum atomic E-state index is 10.9. The van der Waals surface area contributed by atoms with Crippen LogP contribution in [0.1, 0.15) is 46.5 Å². The van der Waals surface area contributed by atoms with Gasteiger partial charge in [0.05, 0.1) is 6.10 Å². The predicted molar refractivity (Wildman–Crippen MR) is 58.4 cm³/mol. The van der Waals surface area contributed by atoms with E-state index >= 15 is 0 Å². The summed E-state index contributed by atoms with van der Waals surface area (Å²) in [5.74, 6) is 0.288. The Morgan fingerprint density at radius 3 is 2.67 bits per heavy atom. The molecule has 0 saturated heterocycles. The van der Waals surface area contributed by atoms with Crippen molar-refractivity contribution < 1.29 is 14.6 Å². The molecule has 15 heavy (non-hydrogen) atoms. The molecule has 88 valence electrons. The lowest BCUT2D eigenvalue weighted by atomic mass is 9.76. The lowest BCUT2D eigenvalue weighted by Crippen LogP contribution is -2.44. The Bertz CT molecular complexity index is 215. The molecule has 1 saturated carbocycles. The van der Waals surface area contributed by atoms with Gasteiger partial charge in [-0.15, -0.1) is 0 Å². The van der Waals surface area contributed by atoms with E-state index in [2.05, 4.69) is 6.92 Å². The molecule has 1 aliphatic carbocycles. The van der Waals surface area contributed by atoms with Crippen molar-refractivity contribution in [1.82, 2.24) is 0 Å². The second kappa shape index (κ2) is 5.50. The van der Waals surface area contributed by atoms with Gasteiger partial charge in [0.15, 0.2) is 0 Å². The van der Waals surface area contributed by atoms with Gasteiger partial charge in [0, 0.05) is 6.92 Å². The number of carbonyl (C=O) groups is 1. The molecule has 1 rings (SSSR count). The topological polar surface area (TPSA) is 46.5 Å². The van der Waals surface area contributed by atoms with E-state index in [0.29, 0.717) is 5.92 Å². The Balaban J connectivity index is 2.60. The minimum Gasteiger partial charge on any atom is -0.460 e. The summed E-state index contributed by atoms with van der Waals surface area (Å²) in [7, 11) is 0. The molecule has 0 bridgehead atoms. The molecule has 1 fully saturated rings. The van der Waals surface area contributed by atoms with Crippen LogP contribution in [-0.2, 0) is 9.53 Å². The molecular weight excluding hydrogens is 192 g/mol. The van der Waals surface area contributed by atoms with Gasteiger partial charge in [-0.05, 0) is 31.1 Å². The highest BCUT2D eigenvalue weighted by molar-refractivity contribution is 5.66. The van der Waals surface area contributed by atoms with Gasteiger partial charge in [-0.25, -0.2) is 0 Å². The van der Waals surface area contributed by atoms with E-state index in [-0.39, 0.29) is 18.0 Å². The normalized spacial score (nSPS) is 36.3. The highest BCUT2D eigenvalue weighted by Crippen LogP contribution is 2.33. The Kier molecular flexibility index (Phi) is 4.58. The highest BCUT2D eigenvalue weighted by atomic mass is 16.6. The van der Waals surface area contributed by atoms with Crippen molar-refractivity contribution in [2.75, 3.05) is 0 Å². The average molecular weight is 214 g/mol. The third kappa shape index (κ3) is 3.20. The van der Waals surface area contributed by atoms with E-state index in [0.717, 1.165) is 25.7 Å². The van der Waals surface area contributed by atoms with Crippen LogP contribution < -0.4 is 0 Å². The zero-order chi connectivity index (χ0) is 11.4. The molecule has 1 aliphatic rings. The van der Waals surface area contributed by atoms with E-state index in [9.17, 15) is 9.90 Å². The maximum absolute atomic E-state index is 10.9. The van der Waals surface area contributed by atoms with Crippen LogP contribution in [0, 0.1) is 11.8 Å². The first-order valence-corrected chi connectivity index (χ1v) is 5.91.